The van der Waals surface area contributed by atoms with E-state index in [9.17, 15) is 4.79 Å². The number of furan rings is 1. The van der Waals surface area contributed by atoms with Gasteiger partial charge in [-0.1, -0.05) is 17.8 Å². The van der Waals surface area contributed by atoms with E-state index in [1.165, 1.54) is 23.4 Å². The second-order valence-corrected chi connectivity index (χ2v) is 8.90. The summed E-state index contributed by atoms with van der Waals surface area (Å²) in [6, 6.07) is 11.3. The molecule has 0 radical (unpaired) electrons. The van der Waals surface area contributed by atoms with Crippen LogP contribution in [0.15, 0.2) is 46.0 Å². The quantitative estimate of drug-likeness (QED) is 0.410. The molecule has 0 saturated carbocycles. The fraction of sp³-hybridized carbons (Fsp3) is 0.348. The Morgan fingerprint density at radius 1 is 1.06 bits per heavy atom. The molecule has 5 rings (SSSR count). The summed E-state index contributed by atoms with van der Waals surface area (Å²) < 4.78 is 16.2. The van der Waals surface area contributed by atoms with Crippen LogP contribution in [0.2, 0.25) is 0 Å². The molecule has 33 heavy (non-hydrogen) atoms. The summed E-state index contributed by atoms with van der Waals surface area (Å²) in [7, 11) is 0. The number of piperazine rings is 1. The molecular weight excluding hydrogens is 444 g/mol. The Hall–Kier alpha value is -3.24. The minimum Gasteiger partial charge on any atom is -0.475 e. The Bertz CT molecular complexity index is 1160. The first-order chi connectivity index (χ1) is 16.0. The maximum absolute atomic E-state index is 11.0. The monoisotopic (exact) mass is 468 g/mol. The van der Waals surface area contributed by atoms with Crippen molar-refractivity contribution in [3.8, 4) is 11.5 Å². The minimum atomic E-state index is -1.07. The van der Waals surface area contributed by atoms with Crippen LogP contribution < -0.4 is 14.4 Å². The first-order valence-corrected chi connectivity index (χ1v) is 11.7. The average molecular weight is 469 g/mol. The Balaban J connectivity index is 1.18. The number of carboxylic acids is 1. The number of thioether (sulfide) groups is 1. The van der Waals surface area contributed by atoms with Crippen molar-refractivity contribution in [2.24, 2.45) is 0 Å². The van der Waals surface area contributed by atoms with Gasteiger partial charge in [0.2, 0.25) is 12.6 Å². The van der Waals surface area contributed by atoms with Crippen LogP contribution in [0, 0.1) is 6.92 Å². The summed E-state index contributed by atoms with van der Waals surface area (Å²) in [6.07, 6.45) is 0. The van der Waals surface area contributed by atoms with E-state index in [1.54, 1.807) is 6.07 Å². The lowest BCUT2D eigenvalue weighted by molar-refractivity contribution is 0.0661. The van der Waals surface area contributed by atoms with E-state index in [-0.39, 0.29) is 5.76 Å². The average Bonchev–Trinajstić information content (AvgIpc) is 3.47. The molecule has 2 aromatic heterocycles. The van der Waals surface area contributed by atoms with Gasteiger partial charge in [0, 0.05) is 44.5 Å². The molecule has 2 aliphatic rings. The fourth-order valence-electron chi connectivity index (χ4n) is 3.89. The number of carbonyl (C=O) groups is 1. The smallest absolute Gasteiger partial charge is 0.371 e. The lowest BCUT2D eigenvalue weighted by Crippen LogP contribution is -2.46. The molecule has 10 heteroatoms. The van der Waals surface area contributed by atoms with Gasteiger partial charge in [0.15, 0.2) is 16.7 Å². The molecule has 3 aromatic rings. The molecule has 1 N–H and O–H groups in total. The number of aryl methyl sites for hydroxylation is 1. The number of benzene rings is 1. The number of anilines is 1. The number of hydrogen-bond acceptors (Lipinski definition) is 9. The standard InChI is InChI=1S/C23H24N4O5S/c1-15-10-21(25-23(24-15)33-13-17-3-5-19(32-17)22(28)29)27-8-6-26(7-9-27)12-16-2-4-18-20(11-16)31-14-30-18/h2-5,10-11H,6-9,12-14H2,1H3,(H,28,29). The summed E-state index contributed by atoms with van der Waals surface area (Å²) in [5.74, 6) is 2.47. The number of fused-ring (bicyclic) bond motifs is 1. The highest BCUT2D eigenvalue weighted by Gasteiger charge is 2.21. The molecule has 0 amide bonds. The van der Waals surface area contributed by atoms with Gasteiger partial charge in [0.25, 0.3) is 0 Å². The zero-order valence-electron chi connectivity index (χ0n) is 18.2. The molecule has 2 aliphatic heterocycles. The predicted octanol–water partition coefficient (Wildman–Crippen LogP) is 3.42. The van der Waals surface area contributed by atoms with Crippen molar-refractivity contribution in [2.45, 2.75) is 24.4 Å². The lowest BCUT2D eigenvalue weighted by atomic mass is 10.1. The number of carboxylic acid groups (broad SMARTS) is 1. The van der Waals surface area contributed by atoms with Crippen LogP contribution in [0.3, 0.4) is 0 Å². The summed E-state index contributed by atoms with van der Waals surface area (Å²) in [5.41, 5.74) is 2.12. The maximum Gasteiger partial charge on any atom is 0.371 e. The molecule has 9 nitrogen and oxygen atoms in total. The second-order valence-electron chi connectivity index (χ2n) is 7.96. The maximum atomic E-state index is 11.0. The third kappa shape index (κ3) is 5.07. The van der Waals surface area contributed by atoms with E-state index >= 15 is 0 Å². The SMILES string of the molecule is Cc1cc(N2CCN(Cc3ccc4c(c3)OCO4)CC2)nc(SCc2ccc(C(=O)O)o2)n1. The second kappa shape index (κ2) is 9.32. The Morgan fingerprint density at radius 3 is 2.67 bits per heavy atom. The van der Waals surface area contributed by atoms with Crippen molar-refractivity contribution < 1.29 is 23.8 Å². The van der Waals surface area contributed by atoms with Crippen LogP contribution in [0.5, 0.6) is 11.5 Å². The summed E-state index contributed by atoms with van der Waals surface area (Å²) in [4.78, 5) is 24.9. The molecular formula is C23H24N4O5S. The van der Waals surface area contributed by atoms with Crippen molar-refractivity contribution in [3.63, 3.8) is 0 Å². The van der Waals surface area contributed by atoms with Gasteiger partial charge < -0.3 is 23.9 Å². The zero-order valence-corrected chi connectivity index (χ0v) is 19.0. The van der Waals surface area contributed by atoms with Crippen LogP contribution in [0.4, 0.5) is 5.82 Å². The molecule has 4 heterocycles. The normalized spacial score (nSPS) is 15.7. The Morgan fingerprint density at radius 2 is 1.88 bits per heavy atom. The molecule has 1 aromatic carbocycles. The van der Waals surface area contributed by atoms with Crippen LogP contribution >= 0.6 is 11.8 Å². The molecule has 1 fully saturated rings. The molecule has 0 bridgehead atoms. The highest BCUT2D eigenvalue weighted by molar-refractivity contribution is 7.98. The largest absolute Gasteiger partial charge is 0.475 e. The van der Waals surface area contributed by atoms with E-state index < -0.39 is 5.97 Å². The molecule has 0 atom stereocenters. The van der Waals surface area contributed by atoms with Crippen molar-refractivity contribution in [3.05, 3.63) is 59.2 Å². The number of hydrogen-bond donors (Lipinski definition) is 1. The van der Waals surface area contributed by atoms with Crippen molar-refractivity contribution in [1.29, 1.82) is 0 Å². The molecule has 0 unspecified atom stereocenters. The van der Waals surface area contributed by atoms with Crippen LogP contribution in [-0.2, 0) is 12.3 Å². The first-order valence-electron chi connectivity index (χ1n) is 10.7. The van der Waals surface area contributed by atoms with Crippen LogP contribution in [0.25, 0.3) is 0 Å². The van der Waals surface area contributed by atoms with E-state index in [1.807, 2.05) is 19.1 Å². The van der Waals surface area contributed by atoms with Gasteiger partial charge in [-0.05, 0) is 36.8 Å². The minimum absolute atomic E-state index is 0.0601. The first kappa shape index (κ1) is 21.6. The topological polar surface area (TPSA) is 101 Å². The van der Waals surface area contributed by atoms with E-state index in [4.69, 9.17) is 24.0 Å². The Labute approximate surface area is 195 Å². The van der Waals surface area contributed by atoms with E-state index in [0.29, 0.717) is 23.5 Å². The van der Waals surface area contributed by atoms with Crippen molar-refractivity contribution in [2.75, 3.05) is 37.9 Å². The molecule has 0 spiro atoms. The van der Waals surface area contributed by atoms with E-state index in [0.717, 1.165) is 55.7 Å². The van der Waals surface area contributed by atoms with Crippen molar-refractivity contribution >= 4 is 23.5 Å². The molecule has 1 saturated heterocycles. The van der Waals surface area contributed by atoms with Gasteiger partial charge in [-0.3, -0.25) is 4.90 Å². The van der Waals surface area contributed by atoms with Crippen LogP contribution in [0.1, 0.15) is 27.6 Å². The summed E-state index contributed by atoms with van der Waals surface area (Å²) in [6.45, 7) is 6.75. The predicted molar refractivity (Wildman–Crippen MR) is 122 cm³/mol. The molecule has 0 aliphatic carbocycles. The van der Waals surface area contributed by atoms with Gasteiger partial charge in [0.1, 0.15) is 11.6 Å². The number of rotatable bonds is 7. The highest BCUT2D eigenvalue weighted by atomic mass is 32.2. The van der Waals surface area contributed by atoms with Gasteiger partial charge in [-0.15, -0.1) is 0 Å². The lowest BCUT2D eigenvalue weighted by Gasteiger charge is -2.35. The third-order valence-electron chi connectivity index (χ3n) is 5.58. The van der Waals surface area contributed by atoms with Gasteiger partial charge >= 0.3 is 5.97 Å². The number of aromatic nitrogens is 2. The zero-order chi connectivity index (χ0) is 22.8. The highest BCUT2D eigenvalue weighted by Crippen LogP contribution is 2.33. The fourth-order valence-corrected chi connectivity index (χ4v) is 4.68. The van der Waals surface area contributed by atoms with E-state index in [2.05, 4.69) is 26.9 Å². The van der Waals surface area contributed by atoms with Gasteiger partial charge in [0.05, 0.1) is 5.75 Å². The van der Waals surface area contributed by atoms with Gasteiger partial charge in [-0.2, -0.15) is 0 Å². The van der Waals surface area contributed by atoms with Crippen molar-refractivity contribution in [1.82, 2.24) is 14.9 Å². The number of nitrogens with zero attached hydrogens (tertiary/aromatic N) is 4. The summed E-state index contributed by atoms with van der Waals surface area (Å²) >= 11 is 1.43. The number of ether oxygens (including phenoxy) is 2. The Kier molecular flexibility index (Phi) is 6.10. The number of aromatic carboxylic acids is 1. The van der Waals surface area contributed by atoms with Gasteiger partial charge in [-0.25, -0.2) is 14.8 Å². The third-order valence-corrected chi connectivity index (χ3v) is 6.45. The molecule has 172 valence electrons. The summed E-state index contributed by atoms with van der Waals surface area (Å²) in [5, 5.41) is 9.65. The van der Waals surface area contributed by atoms with Crippen LogP contribution in [-0.4, -0.2) is 58.9 Å².